The predicted octanol–water partition coefficient (Wildman–Crippen LogP) is 4.67. The van der Waals surface area contributed by atoms with E-state index in [0.29, 0.717) is 34.7 Å². The zero-order chi connectivity index (χ0) is 21.4. The Hall–Kier alpha value is -3.91. The summed E-state index contributed by atoms with van der Waals surface area (Å²) in [6, 6.07) is 13.2. The Kier molecular flexibility index (Phi) is 4.76. The fourth-order valence-corrected chi connectivity index (χ4v) is 3.76. The van der Waals surface area contributed by atoms with Crippen molar-refractivity contribution in [2.24, 2.45) is 0 Å². The molecule has 31 heavy (non-hydrogen) atoms. The first-order chi connectivity index (χ1) is 15.1. The second-order valence-electron chi connectivity index (χ2n) is 6.93. The van der Waals surface area contributed by atoms with E-state index >= 15 is 0 Å². The van der Waals surface area contributed by atoms with Crippen LogP contribution in [0.5, 0.6) is 0 Å². The number of carbonyl (C=O) groups is 1. The first kappa shape index (κ1) is 19.1. The number of rotatable bonds is 6. The lowest BCUT2D eigenvalue weighted by atomic mass is 10.1. The molecule has 4 aromatic heterocycles. The summed E-state index contributed by atoms with van der Waals surface area (Å²) < 4.78 is 9.20. The predicted molar refractivity (Wildman–Crippen MR) is 115 cm³/mol. The van der Waals surface area contributed by atoms with E-state index in [1.165, 1.54) is 0 Å². The summed E-state index contributed by atoms with van der Waals surface area (Å²) in [7, 11) is 0. The number of nitrogens with zero attached hydrogens (tertiary/aromatic N) is 5. The average Bonchev–Trinajstić information content (AvgIpc) is 3.52. The molecule has 0 aliphatic carbocycles. The van der Waals surface area contributed by atoms with Gasteiger partial charge in [-0.15, -0.1) is 0 Å². The smallest absolute Gasteiger partial charge is 0.305 e. The molecule has 5 rings (SSSR count). The molecule has 0 radical (unpaired) electrons. The number of fused-ring (bicyclic) bond motifs is 1. The minimum Gasteiger partial charge on any atom is -0.481 e. The van der Waals surface area contributed by atoms with Crippen LogP contribution in [0, 0.1) is 0 Å². The van der Waals surface area contributed by atoms with Crippen molar-refractivity contribution in [3.63, 3.8) is 0 Å². The van der Waals surface area contributed by atoms with Gasteiger partial charge in [0.1, 0.15) is 0 Å². The van der Waals surface area contributed by atoms with Gasteiger partial charge in [0.15, 0.2) is 5.82 Å². The molecule has 0 fully saturated rings. The fourth-order valence-electron chi connectivity index (χ4n) is 3.49. The Labute approximate surface area is 181 Å². The Morgan fingerprint density at radius 1 is 1.13 bits per heavy atom. The summed E-state index contributed by atoms with van der Waals surface area (Å²) in [5.41, 5.74) is 2.32. The lowest BCUT2D eigenvalue weighted by molar-refractivity contribution is -0.137. The van der Waals surface area contributed by atoms with Gasteiger partial charge in [-0.25, -0.2) is 4.98 Å². The number of aryl methyl sites for hydroxylation is 1. The Morgan fingerprint density at radius 2 is 1.97 bits per heavy atom. The maximum atomic E-state index is 10.9. The Balaban J connectivity index is 1.48. The minimum atomic E-state index is -0.837. The standard InChI is InChI=1S/C22H16ClN5O3/c23-17-12-14(13-24-21(17)28-8-1-2-9-28)22-25-20(26-31-22)16-4-3-5-18-15(16)6-10-27(18)11-7-19(29)30/h1-6,8-10,12-13H,7,11H2,(H,29,30). The van der Waals surface area contributed by atoms with Crippen molar-refractivity contribution in [1.82, 2.24) is 24.3 Å². The fraction of sp³-hybridized carbons (Fsp3) is 0.0909. The van der Waals surface area contributed by atoms with Gasteiger partial charge in [0.2, 0.25) is 5.82 Å². The van der Waals surface area contributed by atoms with Crippen LogP contribution in [0.15, 0.2) is 71.8 Å². The van der Waals surface area contributed by atoms with Gasteiger partial charge in [-0.1, -0.05) is 28.9 Å². The lowest BCUT2D eigenvalue weighted by Crippen LogP contribution is -2.03. The molecule has 0 atom stereocenters. The van der Waals surface area contributed by atoms with Crippen LogP contribution in [0.2, 0.25) is 5.02 Å². The minimum absolute atomic E-state index is 0.0487. The van der Waals surface area contributed by atoms with Crippen LogP contribution in [0.25, 0.3) is 39.6 Å². The van der Waals surface area contributed by atoms with Crippen molar-refractivity contribution in [3.05, 3.63) is 72.3 Å². The molecule has 0 spiro atoms. The zero-order valence-corrected chi connectivity index (χ0v) is 16.9. The van der Waals surface area contributed by atoms with Gasteiger partial charge in [0.25, 0.3) is 5.89 Å². The second-order valence-corrected chi connectivity index (χ2v) is 7.34. The van der Waals surface area contributed by atoms with Gasteiger partial charge in [-0.05, 0) is 30.3 Å². The number of aliphatic carboxylic acids is 1. The highest BCUT2D eigenvalue weighted by atomic mass is 35.5. The Morgan fingerprint density at radius 3 is 2.74 bits per heavy atom. The van der Waals surface area contributed by atoms with E-state index in [4.69, 9.17) is 21.2 Å². The molecular formula is C22H16ClN5O3. The van der Waals surface area contributed by atoms with Crippen molar-refractivity contribution in [3.8, 4) is 28.7 Å². The number of halogens is 1. The van der Waals surface area contributed by atoms with Gasteiger partial charge >= 0.3 is 5.97 Å². The highest BCUT2D eigenvalue weighted by Crippen LogP contribution is 2.30. The first-order valence-corrected chi connectivity index (χ1v) is 9.91. The lowest BCUT2D eigenvalue weighted by Gasteiger charge is -2.05. The molecule has 0 saturated carbocycles. The summed E-state index contributed by atoms with van der Waals surface area (Å²) in [5.74, 6) is 0.520. The normalized spacial score (nSPS) is 11.3. The molecule has 0 amide bonds. The van der Waals surface area contributed by atoms with E-state index in [1.54, 1.807) is 12.3 Å². The Bertz CT molecular complexity index is 1390. The molecule has 1 aromatic carbocycles. The molecule has 0 bridgehead atoms. The first-order valence-electron chi connectivity index (χ1n) is 9.53. The SMILES string of the molecule is O=C(O)CCn1ccc2c(-c3noc(-c4cnc(-n5cccc5)c(Cl)c4)n3)cccc21. The average molecular weight is 434 g/mol. The van der Waals surface area contributed by atoms with E-state index in [-0.39, 0.29) is 6.42 Å². The summed E-state index contributed by atoms with van der Waals surface area (Å²) in [6.45, 7) is 0.387. The topological polar surface area (TPSA) is 99.0 Å². The van der Waals surface area contributed by atoms with Crippen LogP contribution in [0.4, 0.5) is 0 Å². The van der Waals surface area contributed by atoms with Crippen LogP contribution >= 0.6 is 11.6 Å². The maximum absolute atomic E-state index is 10.9. The highest BCUT2D eigenvalue weighted by Gasteiger charge is 2.16. The van der Waals surface area contributed by atoms with Gasteiger partial charge < -0.3 is 18.8 Å². The number of benzene rings is 1. The summed E-state index contributed by atoms with van der Waals surface area (Å²) in [5, 5.41) is 14.5. The number of aromatic nitrogens is 5. The number of pyridine rings is 1. The van der Waals surface area contributed by atoms with Gasteiger partial charge in [-0.2, -0.15) is 4.98 Å². The third-order valence-corrected chi connectivity index (χ3v) is 5.24. The number of hydrogen-bond donors (Lipinski definition) is 1. The molecule has 0 saturated heterocycles. The number of carboxylic acids is 1. The molecule has 154 valence electrons. The molecule has 8 nitrogen and oxygen atoms in total. The molecule has 1 N–H and O–H groups in total. The monoisotopic (exact) mass is 433 g/mol. The second kappa shape index (κ2) is 7.73. The molecule has 4 heterocycles. The number of carboxylic acid groups (broad SMARTS) is 1. The molecular weight excluding hydrogens is 418 g/mol. The summed E-state index contributed by atoms with van der Waals surface area (Å²) in [6.07, 6.45) is 7.28. The van der Waals surface area contributed by atoms with Crippen LogP contribution in [-0.4, -0.2) is 35.3 Å². The van der Waals surface area contributed by atoms with Crippen LogP contribution < -0.4 is 0 Å². The zero-order valence-electron chi connectivity index (χ0n) is 16.1. The molecule has 0 aliphatic heterocycles. The van der Waals surface area contributed by atoms with E-state index in [2.05, 4.69) is 15.1 Å². The third-order valence-electron chi connectivity index (χ3n) is 4.96. The van der Waals surface area contributed by atoms with E-state index in [0.717, 1.165) is 16.5 Å². The molecule has 5 aromatic rings. The summed E-state index contributed by atoms with van der Waals surface area (Å²) >= 11 is 6.41. The van der Waals surface area contributed by atoms with E-state index in [9.17, 15) is 4.79 Å². The van der Waals surface area contributed by atoms with Crippen LogP contribution in [0.1, 0.15) is 6.42 Å². The number of hydrogen-bond acceptors (Lipinski definition) is 5. The molecule has 9 heteroatoms. The van der Waals surface area contributed by atoms with Gasteiger partial charge in [0.05, 0.1) is 17.0 Å². The van der Waals surface area contributed by atoms with Crippen LogP contribution in [-0.2, 0) is 11.3 Å². The van der Waals surface area contributed by atoms with E-state index < -0.39 is 5.97 Å². The van der Waals surface area contributed by atoms with Crippen molar-refractivity contribution in [2.75, 3.05) is 0 Å². The van der Waals surface area contributed by atoms with E-state index in [1.807, 2.05) is 64.1 Å². The third kappa shape index (κ3) is 3.57. The molecule has 0 aliphatic rings. The summed E-state index contributed by atoms with van der Waals surface area (Å²) in [4.78, 5) is 19.9. The highest BCUT2D eigenvalue weighted by molar-refractivity contribution is 6.32. The van der Waals surface area contributed by atoms with Crippen LogP contribution in [0.3, 0.4) is 0 Å². The van der Waals surface area contributed by atoms with Crippen molar-refractivity contribution >= 4 is 28.5 Å². The molecule has 0 unspecified atom stereocenters. The van der Waals surface area contributed by atoms with Crippen molar-refractivity contribution in [1.29, 1.82) is 0 Å². The maximum Gasteiger partial charge on any atom is 0.305 e. The quantitative estimate of drug-likeness (QED) is 0.417. The van der Waals surface area contributed by atoms with Gasteiger partial charge in [-0.3, -0.25) is 4.79 Å². The van der Waals surface area contributed by atoms with Crippen molar-refractivity contribution in [2.45, 2.75) is 13.0 Å². The largest absolute Gasteiger partial charge is 0.481 e. The van der Waals surface area contributed by atoms with Gasteiger partial charge in [0, 0.05) is 47.8 Å². The van der Waals surface area contributed by atoms with Crippen molar-refractivity contribution < 1.29 is 14.4 Å².